The van der Waals surface area contributed by atoms with E-state index in [1.165, 1.54) is 0 Å². The van der Waals surface area contributed by atoms with Gasteiger partial charge in [0.1, 0.15) is 0 Å². The Hall–Kier alpha value is 0.217. The van der Waals surface area contributed by atoms with Gasteiger partial charge >= 0.3 is 0 Å². The van der Waals surface area contributed by atoms with Gasteiger partial charge in [0.05, 0.1) is 8.07 Å². The lowest BCUT2D eigenvalue weighted by Gasteiger charge is -2.19. The van der Waals surface area contributed by atoms with Crippen LogP contribution in [-0.4, -0.2) is 8.07 Å². The molecule has 0 radical (unpaired) electrons. The Morgan fingerprint density at radius 3 is 2.75 bits per heavy atom. The van der Waals surface area contributed by atoms with Crippen LogP contribution in [0.15, 0.2) is 0 Å². The van der Waals surface area contributed by atoms with Crippen LogP contribution in [-0.2, 0) is 0 Å². The minimum atomic E-state index is -1.89. The monoisotopic (exact) mass is 131 g/mol. The summed E-state index contributed by atoms with van der Waals surface area (Å²) in [5.41, 5.74) is 0.495. The van der Waals surface area contributed by atoms with E-state index in [1.807, 2.05) is 6.55 Å². The van der Waals surface area contributed by atoms with E-state index in [0.29, 0.717) is 5.54 Å². The zero-order chi connectivity index (χ0) is 8.70. The first-order chi connectivity index (χ1) is 4.88. The molecule has 0 amide bonds. The first kappa shape index (κ1) is 3.40. The summed E-state index contributed by atoms with van der Waals surface area (Å²) >= 11 is 0. The molecule has 0 aromatic heterocycles. The largest absolute Gasteiger partial charge is 0.0692 e. The maximum absolute atomic E-state index is 7.45. The van der Waals surface area contributed by atoms with Crippen molar-refractivity contribution in [3.05, 3.63) is 0 Å². The molecule has 1 heteroatoms. The zero-order valence-electron chi connectivity index (χ0n) is 8.70. The minimum absolute atomic E-state index is 0.495. The van der Waals surface area contributed by atoms with Gasteiger partial charge in [0.2, 0.25) is 0 Å². The lowest BCUT2D eigenvalue weighted by atomic mass is 10.3. The van der Waals surface area contributed by atoms with E-state index in [9.17, 15) is 0 Å². The Morgan fingerprint density at radius 1 is 1.75 bits per heavy atom. The van der Waals surface area contributed by atoms with Crippen molar-refractivity contribution in [1.29, 1.82) is 0 Å². The van der Waals surface area contributed by atoms with Gasteiger partial charge < -0.3 is 0 Å². The van der Waals surface area contributed by atoms with Crippen LogP contribution < -0.4 is 0 Å². The van der Waals surface area contributed by atoms with Crippen LogP contribution in [0, 0.1) is 0 Å². The smallest absolute Gasteiger partial charge is 0.0502 e. The second-order valence-electron chi connectivity index (χ2n) is 3.21. The third-order valence-electron chi connectivity index (χ3n) is 2.42. The predicted molar refractivity (Wildman–Crippen MR) is 40.9 cm³/mol. The SMILES string of the molecule is [2H]C([2H])([2H])[Si]1(C)CCC[C@H]1C. The highest BCUT2D eigenvalue weighted by Crippen LogP contribution is 2.38. The fraction of sp³-hybridized carbons (Fsp3) is 1.00. The summed E-state index contributed by atoms with van der Waals surface area (Å²) in [6.45, 7) is 2.53. The summed E-state index contributed by atoms with van der Waals surface area (Å²) in [5, 5.41) is 0. The molecule has 1 saturated heterocycles. The molecule has 1 rings (SSSR count). The third kappa shape index (κ3) is 0.969. The van der Waals surface area contributed by atoms with Crippen LogP contribution in [0.5, 0.6) is 0 Å². The molecule has 0 aromatic rings. The molecule has 0 nitrogen and oxygen atoms in total. The van der Waals surface area contributed by atoms with Gasteiger partial charge in [-0.1, -0.05) is 38.8 Å². The van der Waals surface area contributed by atoms with Crippen LogP contribution in [0.25, 0.3) is 0 Å². The second-order valence-corrected chi connectivity index (χ2v) is 7.53. The van der Waals surface area contributed by atoms with Gasteiger partial charge in [0, 0.05) is 4.11 Å². The van der Waals surface area contributed by atoms with E-state index in [2.05, 4.69) is 6.92 Å². The predicted octanol–water partition coefficient (Wildman–Crippen LogP) is 2.88. The van der Waals surface area contributed by atoms with Crippen molar-refractivity contribution in [3.8, 4) is 0 Å². The molecule has 1 unspecified atom stereocenters. The summed E-state index contributed by atoms with van der Waals surface area (Å²) in [4.78, 5) is 0. The van der Waals surface area contributed by atoms with E-state index < -0.39 is 14.5 Å². The lowest BCUT2D eigenvalue weighted by molar-refractivity contribution is 0.816. The van der Waals surface area contributed by atoms with E-state index >= 15 is 0 Å². The molecule has 1 fully saturated rings. The average molecular weight is 131 g/mol. The van der Waals surface area contributed by atoms with E-state index in [4.69, 9.17) is 4.11 Å². The van der Waals surface area contributed by atoms with Crippen molar-refractivity contribution < 1.29 is 4.11 Å². The normalized spacial score (nSPS) is 54.8. The van der Waals surface area contributed by atoms with Crippen molar-refractivity contribution in [3.63, 3.8) is 0 Å². The standard InChI is InChI=1S/C7H16Si/c1-7-5-4-6-8(7,2)3/h7H,4-6H2,1-3H3/t7-/m1/s1/i2D3/t7-,8?. The quantitative estimate of drug-likeness (QED) is 0.443. The summed E-state index contributed by atoms with van der Waals surface area (Å²) < 4.78 is 22.4. The minimum Gasteiger partial charge on any atom is -0.0692 e. The fourth-order valence-electron chi connectivity index (χ4n) is 1.34. The van der Waals surface area contributed by atoms with Crippen molar-refractivity contribution in [2.45, 2.75) is 44.4 Å². The highest BCUT2D eigenvalue weighted by atomic mass is 28.3. The molecule has 0 N–H and O–H groups in total. The summed E-state index contributed by atoms with van der Waals surface area (Å²) in [6, 6.07) is 1.00. The van der Waals surface area contributed by atoms with Gasteiger partial charge in [0.25, 0.3) is 0 Å². The number of rotatable bonds is 0. The number of hydrogen-bond acceptors (Lipinski definition) is 0. The van der Waals surface area contributed by atoms with Crippen LogP contribution in [0.1, 0.15) is 23.9 Å². The first-order valence-electron chi connectivity index (χ1n) is 4.88. The zero-order valence-corrected chi connectivity index (χ0v) is 6.70. The Labute approximate surface area is 57.5 Å². The van der Waals surface area contributed by atoms with Crippen LogP contribution in [0.2, 0.25) is 24.6 Å². The van der Waals surface area contributed by atoms with Gasteiger partial charge in [-0.15, -0.1) is 0 Å². The molecule has 48 valence electrons. The molecule has 1 aliphatic heterocycles. The van der Waals surface area contributed by atoms with Gasteiger partial charge in [-0.05, 0) is 5.54 Å². The van der Waals surface area contributed by atoms with Gasteiger partial charge in [-0.3, -0.25) is 0 Å². The van der Waals surface area contributed by atoms with Gasteiger partial charge in [-0.2, -0.15) is 0 Å². The molecule has 1 heterocycles. The summed E-state index contributed by atoms with van der Waals surface area (Å²) in [5.74, 6) is 0. The topological polar surface area (TPSA) is 0 Å². The average Bonchev–Trinajstić information content (AvgIpc) is 2.12. The summed E-state index contributed by atoms with van der Waals surface area (Å²) in [6.07, 6.45) is 2.28. The van der Waals surface area contributed by atoms with E-state index in [0.717, 1.165) is 18.9 Å². The Kier molecular flexibility index (Phi) is 0.795. The molecule has 1 aliphatic rings. The van der Waals surface area contributed by atoms with Crippen LogP contribution >= 0.6 is 0 Å². The van der Waals surface area contributed by atoms with E-state index in [1.54, 1.807) is 0 Å². The molecule has 0 saturated carbocycles. The fourth-order valence-corrected chi connectivity index (χ4v) is 3.61. The maximum atomic E-state index is 7.45. The molecule has 2 atom stereocenters. The molecule has 0 aromatic carbocycles. The van der Waals surface area contributed by atoms with Gasteiger partial charge in [0.15, 0.2) is 0 Å². The number of hydrogen-bond donors (Lipinski definition) is 0. The maximum Gasteiger partial charge on any atom is 0.0502 e. The molecule has 0 aliphatic carbocycles. The molecule has 0 spiro atoms. The van der Waals surface area contributed by atoms with Crippen molar-refractivity contribution in [2.75, 3.05) is 0 Å². The summed E-state index contributed by atoms with van der Waals surface area (Å²) in [7, 11) is -1.89. The van der Waals surface area contributed by atoms with Gasteiger partial charge in [-0.25, -0.2) is 0 Å². The van der Waals surface area contributed by atoms with E-state index in [-0.39, 0.29) is 0 Å². The van der Waals surface area contributed by atoms with Crippen LogP contribution in [0.4, 0.5) is 0 Å². The highest BCUT2D eigenvalue weighted by Gasteiger charge is 2.32. The Bertz CT molecular complexity index is 154. The van der Waals surface area contributed by atoms with Crippen molar-refractivity contribution >= 4 is 8.07 Å². The van der Waals surface area contributed by atoms with Crippen molar-refractivity contribution in [1.82, 2.24) is 0 Å². The molecular weight excluding hydrogens is 112 g/mol. The lowest BCUT2D eigenvalue weighted by Crippen LogP contribution is -2.24. The molecular formula is C7H16Si. The second kappa shape index (κ2) is 1.87. The highest BCUT2D eigenvalue weighted by molar-refractivity contribution is 6.79. The first-order valence-corrected chi connectivity index (χ1v) is 6.16. The molecule has 8 heavy (non-hydrogen) atoms. The van der Waals surface area contributed by atoms with Crippen molar-refractivity contribution in [2.24, 2.45) is 0 Å². The molecule has 0 bridgehead atoms. The third-order valence-corrected chi connectivity index (χ3v) is 6.28. The van der Waals surface area contributed by atoms with Crippen LogP contribution in [0.3, 0.4) is 0 Å². The Morgan fingerprint density at radius 2 is 2.50 bits per heavy atom. The Balaban J connectivity index is 2.81.